The molecule has 3 nitrogen and oxygen atoms in total. The predicted octanol–water partition coefficient (Wildman–Crippen LogP) is 11.2. The Morgan fingerprint density at radius 3 is 1.67 bits per heavy atom. The van der Waals surface area contributed by atoms with Crippen molar-refractivity contribution in [2.45, 2.75) is 13.8 Å². The van der Waals surface area contributed by atoms with Crippen molar-refractivity contribution >= 4 is 61.8 Å². The quantitative estimate of drug-likeness (QED) is 0.129. The molecule has 0 amide bonds. The highest BCUT2D eigenvalue weighted by Crippen LogP contribution is 2.46. The van der Waals surface area contributed by atoms with Gasteiger partial charge in [0.15, 0.2) is 0 Å². The molecule has 0 aromatic heterocycles. The molecule has 7 rings (SSSR count). The van der Waals surface area contributed by atoms with Crippen LogP contribution in [0, 0.1) is 0 Å². The molecular formula is C39H33N3. The highest BCUT2D eigenvalue weighted by atomic mass is 14.9. The summed E-state index contributed by atoms with van der Waals surface area (Å²) in [6.07, 6.45) is 0. The first-order chi connectivity index (χ1) is 20.7. The van der Waals surface area contributed by atoms with Gasteiger partial charge in [0.1, 0.15) is 0 Å². The Morgan fingerprint density at radius 1 is 0.548 bits per heavy atom. The number of anilines is 3. The Labute approximate surface area is 247 Å². The summed E-state index contributed by atoms with van der Waals surface area (Å²) in [5, 5.41) is 10.5. The minimum atomic E-state index is 0.790. The van der Waals surface area contributed by atoms with E-state index in [-0.39, 0.29) is 0 Å². The van der Waals surface area contributed by atoms with Crippen molar-refractivity contribution in [3.05, 3.63) is 133 Å². The summed E-state index contributed by atoms with van der Waals surface area (Å²) in [4.78, 5) is 4.40. The molecule has 42 heavy (non-hydrogen) atoms. The van der Waals surface area contributed by atoms with E-state index in [4.69, 9.17) is 5.73 Å². The van der Waals surface area contributed by atoms with Gasteiger partial charge in [-0.3, -0.25) is 4.99 Å². The van der Waals surface area contributed by atoms with E-state index in [0.29, 0.717) is 0 Å². The molecule has 204 valence electrons. The van der Waals surface area contributed by atoms with Gasteiger partial charge in [-0.2, -0.15) is 0 Å². The number of benzene rings is 7. The number of nitrogens with zero attached hydrogens (tertiary/aromatic N) is 1. The number of rotatable bonds is 5. The smallest absolute Gasteiger partial charge is 0.0863 e. The molecule has 0 saturated carbocycles. The van der Waals surface area contributed by atoms with Gasteiger partial charge in [-0.15, -0.1) is 0 Å². The Morgan fingerprint density at radius 2 is 1.07 bits per heavy atom. The molecule has 0 bridgehead atoms. The van der Waals surface area contributed by atoms with E-state index < -0.39 is 0 Å². The monoisotopic (exact) mass is 543 g/mol. The standard InChI is InChI=1S/C37H27N3.C2H6/c1-39-35-23-24(19-22-34(35)40-25-11-3-2-4-12-25)36-28-15-7-9-17-30(28)37(31-18-10-8-16-29(31)36)32-20-21-33(38)27-14-6-5-13-26(27)32;1-2/h2-23,40H,1,38H2;1-2H3. The Kier molecular flexibility index (Phi) is 7.40. The van der Waals surface area contributed by atoms with Crippen molar-refractivity contribution in [3.63, 3.8) is 0 Å². The summed E-state index contributed by atoms with van der Waals surface area (Å²) >= 11 is 0. The maximum atomic E-state index is 6.40. The lowest BCUT2D eigenvalue weighted by Gasteiger charge is -2.20. The second-order valence-corrected chi connectivity index (χ2v) is 9.97. The first-order valence-corrected chi connectivity index (χ1v) is 14.4. The van der Waals surface area contributed by atoms with Crippen molar-refractivity contribution in [2.75, 3.05) is 11.1 Å². The number of aliphatic imine (C=N–C) groups is 1. The van der Waals surface area contributed by atoms with Crippen molar-refractivity contribution in [1.29, 1.82) is 0 Å². The van der Waals surface area contributed by atoms with Gasteiger partial charge in [0, 0.05) is 16.8 Å². The van der Waals surface area contributed by atoms with E-state index >= 15 is 0 Å². The van der Waals surface area contributed by atoms with E-state index in [9.17, 15) is 0 Å². The number of nitrogen functional groups attached to an aromatic ring is 1. The molecule has 0 unspecified atom stereocenters. The molecule has 0 spiro atoms. The van der Waals surface area contributed by atoms with Crippen LogP contribution in [-0.2, 0) is 0 Å². The van der Waals surface area contributed by atoms with Crippen LogP contribution in [0.3, 0.4) is 0 Å². The first-order valence-electron chi connectivity index (χ1n) is 14.4. The number of nitrogens with one attached hydrogen (secondary N) is 1. The average Bonchev–Trinajstić information content (AvgIpc) is 3.06. The summed E-state index contributed by atoms with van der Waals surface area (Å²) in [6, 6.07) is 46.5. The summed E-state index contributed by atoms with van der Waals surface area (Å²) in [5.41, 5.74) is 14.6. The maximum absolute atomic E-state index is 6.40. The fourth-order valence-electron chi connectivity index (χ4n) is 5.87. The first kappa shape index (κ1) is 26.8. The van der Waals surface area contributed by atoms with Crippen LogP contribution in [0.25, 0.3) is 54.6 Å². The molecule has 7 aromatic rings. The minimum Gasteiger partial charge on any atom is -0.398 e. The van der Waals surface area contributed by atoms with Gasteiger partial charge in [-0.1, -0.05) is 117 Å². The number of para-hydroxylation sites is 1. The Hall–Kier alpha value is -5.41. The van der Waals surface area contributed by atoms with Gasteiger partial charge < -0.3 is 11.1 Å². The van der Waals surface area contributed by atoms with Gasteiger partial charge in [0.2, 0.25) is 0 Å². The Bertz CT molecular complexity index is 2000. The van der Waals surface area contributed by atoms with Gasteiger partial charge in [-0.25, -0.2) is 0 Å². The second kappa shape index (κ2) is 11.6. The maximum Gasteiger partial charge on any atom is 0.0863 e. The van der Waals surface area contributed by atoms with Crippen molar-refractivity contribution in [3.8, 4) is 22.3 Å². The fourth-order valence-corrected chi connectivity index (χ4v) is 5.87. The van der Waals surface area contributed by atoms with Crippen LogP contribution < -0.4 is 11.1 Å². The normalized spacial score (nSPS) is 10.8. The number of fused-ring (bicyclic) bond motifs is 3. The molecule has 0 aliphatic rings. The van der Waals surface area contributed by atoms with Crippen LogP contribution in [-0.4, -0.2) is 6.72 Å². The van der Waals surface area contributed by atoms with E-state index in [2.05, 4.69) is 108 Å². The van der Waals surface area contributed by atoms with Crippen LogP contribution >= 0.6 is 0 Å². The molecule has 3 heteroatoms. The number of hydrogen-bond donors (Lipinski definition) is 2. The van der Waals surface area contributed by atoms with Crippen molar-refractivity contribution in [2.24, 2.45) is 4.99 Å². The summed E-state index contributed by atoms with van der Waals surface area (Å²) in [5.74, 6) is 0. The zero-order chi connectivity index (χ0) is 29.1. The van der Waals surface area contributed by atoms with E-state index in [1.165, 1.54) is 38.2 Å². The largest absolute Gasteiger partial charge is 0.398 e. The van der Waals surface area contributed by atoms with Crippen molar-refractivity contribution in [1.82, 2.24) is 0 Å². The number of nitrogens with two attached hydrogens (primary N) is 1. The molecule has 0 heterocycles. The topological polar surface area (TPSA) is 50.4 Å². The highest BCUT2D eigenvalue weighted by Gasteiger charge is 2.19. The van der Waals surface area contributed by atoms with Crippen LogP contribution in [0.2, 0.25) is 0 Å². The molecule has 0 radical (unpaired) electrons. The summed E-state index contributed by atoms with van der Waals surface area (Å²) in [7, 11) is 0. The number of hydrogen-bond acceptors (Lipinski definition) is 3. The van der Waals surface area contributed by atoms with Gasteiger partial charge >= 0.3 is 0 Å². The fraction of sp³-hybridized carbons (Fsp3) is 0.0513. The molecule has 3 N–H and O–H groups in total. The lowest BCUT2D eigenvalue weighted by molar-refractivity contribution is 1.49. The predicted molar refractivity (Wildman–Crippen MR) is 185 cm³/mol. The SMILES string of the molecule is C=Nc1cc(-c2c3ccccc3c(-c3ccc(N)c4ccccc34)c3ccccc23)ccc1Nc1ccccc1.CC. The lowest BCUT2D eigenvalue weighted by atomic mass is 9.84. The third-order valence-corrected chi connectivity index (χ3v) is 7.67. The van der Waals surface area contributed by atoms with E-state index in [0.717, 1.165) is 39.1 Å². The molecule has 0 fully saturated rings. The van der Waals surface area contributed by atoms with Crippen LogP contribution in [0.1, 0.15) is 13.8 Å². The zero-order valence-electron chi connectivity index (χ0n) is 23.9. The molecule has 0 atom stereocenters. The van der Waals surface area contributed by atoms with Crippen LogP contribution in [0.4, 0.5) is 22.7 Å². The Balaban J connectivity index is 0.00000155. The van der Waals surface area contributed by atoms with E-state index in [1.807, 2.05) is 56.3 Å². The highest BCUT2D eigenvalue weighted by molar-refractivity contribution is 6.24. The molecule has 7 aromatic carbocycles. The van der Waals surface area contributed by atoms with Gasteiger partial charge in [-0.05, 0) is 86.2 Å². The van der Waals surface area contributed by atoms with Crippen LogP contribution in [0.15, 0.2) is 138 Å². The molecule has 0 aliphatic carbocycles. The van der Waals surface area contributed by atoms with Crippen LogP contribution in [0.5, 0.6) is 0 Å². The van der Waals surface area contributed by atoms with Gasteiger partial charge in [0.25, 0.3) is 0 Å². The molecule has 0 saturated heterocycles. The second-order valence-electron chi connectivity index (χ2n) is 9.97. The lowest BCUT2D eigenvalue weighted by Crippen LogP contribution is -1.94. The summed E-state index contributed by atoms with van der Waals surface area (Å²) in [6.45, 7) is 7.88. The summed E-state index contributed by atoms with van der Waals surface area (Å²) < 4.78 is 0. The average molecular weight is 544 g/mol. The molecular weight excluding hydrogens is 510 g/mol. The zero-order valence-corrected chi connectivity index (χ0v) is 23.9. The third-order valence-electron chi connectivity index (χ3n) is 7.67. The molecule has 0 aliphatic heterocycles. The van der Waals surface area contributed by atoms with E-state index in [1.54, 1.807) is 0 Å². The van der Waals surface area contributed by atoms with Crippen molar-refractivity contribution < 1.29 is 0 Å². The minimum absolute atomic E-state index is 0.790. The third kappa shape index (κ3) is 4.65. The van der Waals surface area contributed by atoms with Gasteiger partial charge in [0.05, 0.1) is 11.4 Å².